The zero-order valence-electron chi connectivity index (χ0n) is 16.0. The molecule has 0 saturated carbocycles. The number of hydrogen-bond acceptors (Lipinski definition) is 4. The predicted octanol–water partition coefficient (Wildman–Crippen LogP) is 4.08. The van der Waals surface area contributed by atoms with Crippen molar-refractivity contribution in [3.63, 3.8) is 0 Å². The minimum atomic E-state index is -3.71. The number of ether oxygens (including phenoxy) is 2. The van der Waals surface area contributed by atoms with Gasteiger partial charge in [0.1, 0.15) is 23.4 Å². The molecule has 4 rings (SSSR count). The first kappa shape index (κ1) is 19.4. The summed E-state index contributed by atoms with van der Waals surface area (Å²) < 4.78 is 49.1. The molecule has 1 unspecified atom stereocenters. The van der Waals surface area contributed by atoms with Gasteiger partial charge in [-0.15, -0.1) is 0 Å². The lowest BCUT2D eigenvalue weighted by Crippen LogP contribution is -2.20. The standard InChI is InChI=1S/C22H20FNO4S/c1-13-15(12-29(24,25)26)9-10-17-20(13)22(14-5-3-6-16(23)11-14)28-19-8-4-7-18(27-2)21(17)19/h3-11,22H,12H2,1-2H3,(H2,24,25,26). The van der Waals surface area contributed by atoms with E-state index in [1.165, 1.54) is 12.1 Å². The third-order valence-corrected chi connectivity index (χ3v) is 5.83. The molecule has 3 aromatic rings. The number of fused-ring (bicyclic) bond motifs is 3. The summed E-state index contributed by atoms with van der Waals surface area (Å²) in [5.74, 6) is 0.591. The maximum atomic E-state index is 13.9. The third kappa shape index (κ3) is 3.59. The lowest BCUT2D eigenvalue weighted by molar-refractivity contribution is 0.240. The summed E-state index contributed by atoms with van der Waals surface area (Å²) in [6.45, 7) is 1.83. The van der Waals surface area contributed by atoms with E-state index in [0.717, 1.165) is 22.3 Å². The lowest BCUT2D eigenvalue weighted by atomic mass is 9.84. The van der Waals surface area contributed by atoms with E-state index in [1.54, 1.807) is 25.3 Å². The molecule has 7 heteroatoms. The first-order valence-corrected chi connectivity index (χ1v) is 10.7. The van der Waals surface area contributed by atoms with Crippen LogP contribution in [0.15, 0.2) is 54.6 Å². The zero-order chi connectivity index (χ0) is 20.8. The van der Waals surface area contributed by atoms with Crippen molar-refractivity contribution in [2.75, 3.05) is 7.11 Å². The molecule has 1 atom stereocenters. The maximum absolute atomic E-state index is 13.9. The van der Waals surface area contributed by atoms with Crippen molar-refractivity contribution in [1.29, 1.82) is 0 Å². The van der Waals surface area contributed by atoms with Gasteiger partial charge < -0.3 is 9.47 Å². The summed E-state index contributed by atoms with van der Waals surface area (Å²) in [5, 5.41) is 5.27. The van der Waals surface area contributed by atoms with Gasteiger partial charge in [0, 0.05) is 5.56 Å². The SMILES string of the molecule is COc1cccc2c1-c1ccc(CS(N)(=O)=O)c(C)c1C(c1cccc(F)c1)O2. The van der Waals surface area contributed by atoms with E-state index in [9.17, 15) is 12.8 Å². The van der Waals surface area contributed by atoms with Crippen LogP contribution in [0, 0.1) is 12.7 Å². The summed E-state index contributed by atoms with van der Waals surface area (Å²) in [5.41, 5.74) is 4.36. The Bertz CT molecular complexity index is 1210. The normalized spacial score (nSPS) is 15.2. The second-order valence-electron chi connectivity index (χ2n) is 7.00. The van der Waals surface area contributed by atoms with Gasteiger partial charge in [-0.3, -0.25) is 0 Å². The van der Waals surface area contributed by atoms with E-state index in [0.29, 0.717) is 22.6 Å². The van der Waals surface area contributed by atoms with Crippen LogP contribution in [0.3, 0.4) is 0 Å². The molecule has 1 aliphatic heterocycles. The Balaban J connectivity index is 2.00. The largest absolute Gasteiger partial charge is 0.496 e. The number of nitrogens with two attached hydrogens (primary N) is 1. The highest BCUT2D eigenvalue weighted by atomic mass is 32.2. The van der Waals surface area contributed by atoms with E-state index in [2.05, 4.69) is 0 Å². The number of rotatable bonds is 4. The second kappa shape index (κ2) is 7.17. The number of hydrogen-bond donors (Lipinski definition) is 1. The fraction of sp³-hybridized carbons (Fsp3) is 0.182. The Morgan fingerprint density at radius 2 is 1.90 bits per heavy atom. The summed E-state index contributed by atoms with van der Waals surface area (Å²) in [4.78, 5) is 0. The molecule has 0 spiro atoms. The Morgan fingerprint density at radius 1 is 1.14 bits per heavy atom. The van der Waals surface area contributed by atoms with Crippen molar-refractivity contribution in [2.24, 2.45) is 5.14 Å². The van der Waals surface area contributed by atoms with Crippen molar-refractivity contribution >= 4 is 10.0 Å². The summed E-state index contributed by atoms with van der Waals surface area (Å²) >= 11 is 0. The predicted molar refractivity (Wildman–Crippen MR) is 109 cm³/mol. The van der Waals surface area contributed by atoms with E-state index in [-0.39, 0.29) is 11.6 Å². The van der Waals surface area contributed by atoms with Gasteiger partial charge in [-0.05, 0) is 53.4 Å². The van der Waals surface area contributed by atoms with Crippen LogP contribution in [0.2, 0.25) is 0 Å². The van der Waals surface area contributed by atoms with E-state index in [1.807, 2.05) is 31.2 Å². The Kier molecular flexibility index (Phi) is 4.80. The van der Waals surface area contributed by atoms with Crippen LogP contribution >= 0.6 is 0 Å². The van der Waals surface area contributed by atoms with Gasteiger partial charge in [0.15, 0.2) is 0 Å². The van der Waals surface area contributed by atoms with Crippen molar-refractivity contribution < 1.29 is 22.3 Å². The molecule has 150 valence electrons. The van der Waals surface area contributed by atoms with Gasteiger partial charge in [0.05, 0.1) is 18.4 Å². The molecule has 0 aliphatic carbocycles. The molecule has 0 aromatic heterocycles. The highest BCUT2D eigenvalue weighted by molar-refractivity contribution is 7.88. The van der Waals surface area contributed by atoms with Crippen LogP contribution in [0.1, 0.15) is 28.4 Å². The van der Waals surface area contributed by atoms with Crippen molar-refractivity contribution in [3.05, 3.63) is 82.7 Å². The average molecular weight is 413 g/mol. The highest BCUT2D eigenvalue weighted by Crippen LogP contribution is 2.50. The molecule has 0 saturated heterocycles. The molecule has 0 bridgehead atoms. The fourth-order valence-corrected chi connectivity index (χ4v) is 4.58. The van der Waals surface area contributed by atoms with Crippen LogP contribution < -0.4 is 14.6 Å². The van der Waals surface area contributed by atoms with Crippen molar-refractivity contribution in [1.82, 2.24) is 0 Å². The number of halogens is 1. The number of methoxy groups -OCH3 is 1. The van der Waals surface area contributed by atoms with E-state index >= 15 is 0 Å². The molecule has 0 radical (unpaired) electrons. The van der Waals surface area contributed by atoms with Gasteiger partial charge in [0.25, 0.3) is 0 Å². The number of primary sulfonamides is 1. The maximum Gasteiger partial charge on any atom is 0.213 e. The Labute approximate surface area is 168 Å². The molecule has 1 heterocycles. The minimum Gasteiger partial charge on any atom is -0.496 e. The van der Waals surface area contributed by atoms with Gasteiger partial charge in [-0.25, -0.2) is 17.9 Å². The van der Waals surface area contributed by atoms with Crippen molar-refractivity contribution in [2.45, 2.75) is 18.8 Å². The minimum absolute atomic E-state index is 0.291. The van der Waals surface area contributed by atoms with Gasteiger partial charge >= 0.3 is 0 Å². The zero-order valence-corrected chi connectivity index (χ0v) is 16.8. The molecular formula is C22H20FNO4S. The van der Waals surface area contributed by atoms with Crippen molar-refractivity contribution in [3.8, 4) is 22.6 Å². The second-order valence-corrected chi connectivity index (χ2v) is 8.62. The lowest BCUT2D eigenvalue weighted by Gasteiger charge is -2.32. The molecule has 2 N–H and O–H groups in total. The summed E-state index contributed by atoms with van der Waals surface area (Å²) in [7, 11) is -2.13. The van der Waals surface area contributed by atoms with Crippen LogP contribution in [-0.4, -0.2) is 15.5 Å². The number of benzene rings is 3. The molecular weight excluding hydrogens is 393 g/mol. The molecule has 1 aliphatic rings. The van der Waals surface area contributed by atoms with Crippen LogP contribution in [0.4, 0.5) is 4.39 Å². The number of sulfonamides is 1. The van der Waals surface area contributed by atoms with E-state index < -0.39 is 16.1 Å². The molecule has 5 nitrogen and oxygen atoms in total. The quantitative estimate of drug-likeness (QED) is 0.699. The summed E-state index contributed by atoms with van der Waals surface area (Å²) in [6, 6.07) is 15.3. The summed E-state index contributed by atoms with van der Waals surface area (Å²) in [6.07, 6.45) is -0.597. The average Bonchev–Trinajstić information content (AvgIpc) is 2.67. The van der Waals surface area contributed by atoms with Crippen LogP contribution in [0.25, 0.3) is 11.1 Å². The van der Waals surface area contributed by atoms with Gasteiger partial charge in [0.2, 0.25) is 10.0 Å². The van der Waals surface area contributed by atoms with Gasteiger partial charge in [-0.2, -0.15) is 0 Å². The van der Waals surface area contributed by atoms with Gasteiger partial charge in [-0.1, -0.05) is 30.3 Å². The Hall–Kier alpha value is -2.90. The third-order valence-electron chi connectivity index (χ3n) is 5.12. The first-order chi connectivity index (χ1) is 13.8. The molecule has 0 fully saturated rings. The van der Waals surface area contributed by atoms with Crippen LogP contribution in [0.5, 0.6) is 11.5 Å². The Morgan fingerprint density at radius 3 is 2.59 bits per heavy atom. The first-order valence-electron chi connectivity index (χ1n) is 9.01. The highest BCUT2D eigenvalue weighted by Gasteiger charge is 2.32. The molecule has 29 heavy (non-hydrogen) atoms. The van der Waals surface area contributed by atoms with Crippen LogP contribution in [-0.2, 0) is 15.8 Å². The molecule has 0 amide bonds. The molecule has 3 aromatic carbocycles. The monoisotopic (exact) mass is 413 g/mol. The topological polar surface area (TPSA) is 78.6 Å². The smallest absolute Gasteiger partial charge is 0.213 e. The fourth-order valence-electron chi connectivity index (χ4n) is 3.84. The van der Waals surface area contributed by atoms with E-state index in [4.69, 9.17) is 14.6 Å².